The van der Waals surface area contributed by atoms with Crippen LogP contribution in [-0.2, 0) is 18.5 Å². The lowest BCUT2D eigenvalue weighted by Gasteiger charge is -2.36. The van der Waals surface area contributed by atoms with Crippen molar-refractivity contribution in [2.45, 2.75) is 53.1 Å². The molecule has 0 saturated carbocycles. The van der Waals surface area contributed by atoms with Gasteiger partial charge in [-0.3, -0.25) is 9.58 Å². The van der Waals surface area contributed by atoms with Crippen LogP contribution in [0.25, 0.3) is 0 Å². The van der Waals surface area contributed by atoms with Crippen LogP contribution in [0.3, 0.4) is 0 Å². The van der Waals surface area contributed by atoms with Gasteiger partial charge in [0.2, 0.25) is 0 Å². The molecule has 0 unspecified atom stereocenters. The van der Waals surface area contributed by atoms with Crippen molar-refractivity contribution < 1.29 is 0 Å². The zero-order chi connectivity index (χ0) is 20.9. The molecule has 0 atom stereocenters. The quantitative estimate of drug-likeness (QED) is 0.688. The Kier molecular flexibility index (Phi) is 7.36. The monoisotopic (exact) mass is 397 g/mol. The van der Waals surface area contributed by atoms with Crippen molar-refractivity contribution in [2.75, 3.05) is 44.2 Å². The molecule has 1 aromatic heterocycles. The molecule has 0 aliphatic carbocycles. The summed E-state index contributed by atoms with van der Waals surface area (Å²) in [5, 5.41) is 8.54. The van der Waals surface area contributed by atoms with E-state index >= 15 is 0 Å². The Balaban J connectivity index is 1.44. The second-order valence-corrected chi connectivity index (χ2v) is 9.65. The van der Waals surface area contributed by atoms with Crippen molar-refractivity contribution in [3.8, 4) is 0 Å². The number of hydrogen-bond donors (Lipinski definition) is 1. The van der Waals surface area contributed by atoms with E-state index in [0.717, 1.165) is 52.2 Å². The summed E-state index contributed by atoms with van der Waals surface area (Å²) in [6, 6.07) is 13.0. The lowest BCUT2D eigenvalue weighted by atomic mass is 10.1. The Morgan fingerprint density at radius 3 is 2.34 bits per heavy atom. The van der Waals surface area contributed by atoms with Gasteiger partial charge >= 0.3 is 0 Å². The standard InChI is InChI=1S/C24H39N5/c1-20(2)17-21-18-23(29(26-21)24(3,4)5)19-25-11-12-27-13-15-28(16-14-27)22-9-7-6-8-10-22/h6-10,18,20,25H,11-17,19H2,1-5H3. The lowest BCUT2D eigenvalue weighted by molar-refractivity contribution is 0.256. The largest absolute Gasteiger partial charge is 0.369 e. The first-order valence-corrected chi connectivity index (χ1v) is 11.1. The summed E-state index contributed by atoms with van der Waals surface area (Å²) in [7, 11) is 0. The zero-order valence-electron chi connectivity index (χ0n) is 19.0. The van der Waals surface area contributed by atoms with Crippen LogP contribution in [0.4, 0.5) is 5.69 Å². The summed E-state index contributed by atoms with van der Waals surface area (Å²) in [4.78, 5) is 5.06. The van der Waals surface area contributed by atoms with E-state index in [4.69, 9.17) is 5.10 Å². The van der Waals surface area contributed by atoms with Crippen molar-refractivity contribution in [1.82, 2.24) is 20.0 Å². The summed E-state index contributed by atoms with van der Waals surface area (Å²) in [6.45, 7) is 18.7. The third kappa shape index (κ3) is 6.31. The van der Waals surface area contributed by atoms with Gasteiger partial charge in [-0.15, -0.1) is 0 Å². The minimum atomic E-state index is 0.0139. The van der Waals surface area contributed by atoms with E-state index in [1.807, 2.05) is 0 Å². The van der Waals surface area contributed by atoms with Gasteiger partial charge in [0.15, 0.2) is 0 Å². The average molecular weight is 398 g/mol. The maximum atomic E-state index is 4.89. The molecule has 5 heteroatoms. The van der Waals surface area contributed by atoms with E-state index in [9.17, 15) is 0 Å². The fourth-order valence-electron chi connectivity index (χ4n) is 4.02. The molecule has 29 heavy (non-hydrogen) atoms. The molecule has 3 rings (SSSR count). The van der Waals surface area contributed by atoms with Crippen LogP contribution in [0.5, 0.6) is 0 Å². The molecule has 1 aromatic carbocycles. The molecular weight excluding hydrogens is 358 g/mol. The number of benzene rings is 1. The van der Waals surface area contributed by atoms with Crippen LogP contribution in [0.2, 0.25) is 0 Å². The van der Waals surface area contributed by atoms with Gasteiger partial charge in [0.25, 0.3) is 0 Å². The third-order valence-corrected chi connectivity index (χ3v) is 5.49. The van der Waals surface area contributed by atoms with Gasteiger partial charge in [-0.2, -0.15) is 5.10 Å². The van der Waals surface area contributed by atoms with Gasteiger partial charge in [0.05, 0.1) is 16.9 Å². The van der Waals surface area contributed by atoms with Crippen molar-refractivity contribution in [2.24, 2.45) is 5.92 Å². The molecule has 0 radical (unpaired) electrons. The molecule has 1 aliphatic rings. The predicted molar refractivity (Wildman–Crippen MR) is 123 cm³/mol. The molecule has 5 nitrogen and oxygen atoms in total. The number of rotatable bonds is 8. The van der Waals surface area contributed by atoms with Crippen molar-refractivity contribution in [1.29, 1.82) is 0 Å². The van der Waals surface area contributed by atoms with Gasteiger partial charge in [-0.1, -0.05) is 32.0 Å². The summed E-state index contributed by atoms with van der Waals surface area (Å²) in [5.41, 5.74) is 3.86. The first kappa shape index (κ1) is 21.8. The molecule has 1 N–H and O–H groups in total. The number of hydrogen-bond acceptors (Lipinski definition) is 4. The molecule has 0 bridgehead atoms. The van der Waals surface area contributed by atoms with Crippen molar-refractivity contribution in [3.63, 3.8) is 0 Å². The van der Waals surface area contributed by atoms with Gasteiger partial charge < -0.3 is 10.2 Å². The zero-order valence-corrected chi connectivity index (χ0v) is 19.0. The molecule has 2 aromatic rings. The molecule has 1 aliphatic heterocycles. The van der Waals surface area contributed by atoms with Crippen LogP contribution in [0.1, 0.15) is 46.0 Å². The van der Waals surface area contributed by atoms with Crippen LogP contribution in [0.15, 0.2) is 36.4 Å². The number of nitrogens with one attached hydrogen (secondary N) is 1. The molecule has 0 spiro atoms. The van der Waals surface area contributed by atoms with Crippen LogP contribution < -0.4 is 10.2 Å². The topological polar surface area (TPSA) is 36.3 Å². The fraction of sp³-hybridized carbons (Fsp3) is 0.625. The highest BCUT2D eigenvalue weighted by atomic mass is 15.3. The predicted octanol–water partition coefficient (Wildman–Crippen LogP) is 3.75. The normalized spacial score (nSPS) is 16.0. The maximum absolute atomic E-state index is 4.89. The highest BCUT2D eigenvalue weighted by molar-refractivity contribution is 5.46. The minimum Gasteiger partial charge on any atom is -0.369 e. The highest BCUT2D eigenvalue weighted by Gasteiger charge is 2.20. The second kappa shape index (κ2) is 9.77. The molecular formula is C24H39N5. The molecule has 160 valence electrons. The Labute approximate surface area is 177 Å². The lowest BCUT2D eigenvalue weighted by Crippen LogP contribution is -2.48. The van der Waals surface area contributed by atoms with E-state index in [2.05, 4.69) is 90.8 Å². The molecule has 2 heterocycles. The molecule has 1 saturated heterocycles. The second-order valence-electron chi connectivity index (χ2n) is 9.65. The number of para-hydroxylation sites is 1. The Hall–Kier alpha value is -1.85. The van der Waals surface area contributed by atoms with Crippen molar-refractivity contribution >= 4 is 5.69 Å². The van der Waals surface area contributed by atoms with E-state index in [-0.39, 0.29) is 5.54 Å². The van der Waals surface area contributed by atoms with Gasteiger partial charge in [-0.25, -0.2) is 0 Å². The maximum Gasteiger partial charge on any atom is 0.0630 e. The van der Waals surface area contributed by atoms with Gasteiger partial charge in [0.1, 0.15) is 0 Å². The number of nitrogens with zero attached hydrogens (tertiary/aromatic N) is 4. The number of anilines is 1. The van der Waals surface area contributed by atoms with Gasteiger partial charge in [0, 0.05) is 51.5 Å². The van der Waals surface area contributed by atoms with Crippen LogP contribution in [0, 0.1) is 5.92 Å². The third-order valence-electron chi connectivity index (χ3n) is 5.49. The highest BCUT2D eigenvalue weighted by Crippen LogP contribution is 2.19. The van der Waals surface area contributed by atoms with Crippen molar-refractivity contribution in [3.05, 3.63) is 47.8 Å². The first-order valence-electron chi connectivity index (χ1n) is 11.1. The summed E-state index contributed by atoms with van der Waals surface area (Å²) >= 11 is 0. The van der Waals surface area contributed by atoms with Crippen LogP contribution >= 0.6 is 0 Å². The average Bonchev–Trinajstić information content (AvgIpc) is 3.09. The van der Waals surface area contributed by atoms with Gasteiger partial charge in [-0.05, 0) is 51.3 Å². The molecule has 1 fully saturated rings. The van der Waals surface area contributed by atoms with E-state index in [1.165, 1.54) is 17.1 Å². The van der Waals surface area contributed by atoms with E-state index in [1.54, 1.807) is 0 Å². The fourth-order valence-corrected chi connectivity index (χ4v) is 4.02. The Morgan fingerprint density at radius 2 is 1.72 bits per heavy atom. The first-order chi connectivity index (χ1) is 13.8. The summed E-state index contributed by atoms with van der Waals surface area (Å²) < 4.78 is 2.20. The number of aromatic nitrogens is 2. The Bertz CT molecular complexity index is 736. The summed E-state index contributed by atoms with van der Waals surface area (Å²) in [5.74, 6) is 0.633. The van der Waals surface area contributed by atoms with E-state index < -0.39 is 0 Å². The summed E-state index contributed by atoms with van der Waals surface area (Å²) in [6.07, 6.45) is 1.04. The van der Waals surface area contributed by atoms with E-state index in [0.29, 0.717) is 5.92 Å². The number of piperazine rings is 1. The molecule has 0 amide bonds. The van der Waals surface area contributed by atoms with Crippen LogP contribution in [-0.4, -0.2) is 53.9 Å². The minimum absolute atomic E-state index is 0.0139. The smallest absolute Gasteiger partial charge is 0.0630 e. The Morgan fingerprint density at radius 1 is 1.03 bits per heavy atom. The SMILES string of the molecule is CC(C)Cc1cc(CNCCN2CCN(c3ccccc3)CC2)n(C(C)(C)C)n1.